The van der Waals surface area contributed by atoms with Crippen molar-refractivity contribution in [1.82, 2.24) is 0 Å². The van der Waals surface area contributed by atoms with E-state index in [4.69, 9.17) is 0 Å². The fourth-order valence-electron chi connectivity index (χ4n) is 3.68. The minimum Gasteiger partial charge on any atom is -0.744 e. The molecule has 0 aliphatic heterocycles. The van der Waals surface area contributed by atoms with E-state index in [9.17, 15) is 39.3 Å². The zero-order valence-electron chi connectivity index (χ0n) is 22.1. The van der Waals surface area contributed by atoms with Crippen LogP contribution in [0.15, 0.2) is 123 Å². The van der Waals surface area contributed by atoms with Crippen LogP contribution in [0.4, 0.5) is 26.3 Å². The molecule has 0 saturated carbocycles. The summed E-state index contributed by atoms with van der Waals surface area (Å²) in [6.07, 6.45) is -10.4. The van der Waals surface area contributed by atoms with E-state index in [-0.39, 0.29) is 34.5 Å². The van der Waals surface area contributed by atoms with E-state index < -0.39 is 38.5 Å². The molecule has 218 valence electrons. The summed E-state index contributed by atoms with van der Waals surface area (Å²) in [6, 6.07) is 30.2. The van der Waals surface area contributed by atoms with Gasteiger partial charge < -0.3 is 4.55 Å². The second-order valence-corrected chi connectivity index (χ2v) is 13.3. The Morgan fingerprint density at radius 3 is 1.24 bits per heavy atom. The molecule has 0 aromatic heterocycles. The van der Waals surface area contributed by atoms with Crippen molar-refractivity contribution in [3.05, 3.63) is 120 Å². The fourth-order valence-corrected chi connectivity index (χ4v) is 6.31. The molecule has 0 heterocycles. The van der Waals surface area contributed by atoms with Crippen LogP contribution in [0.25, 0.3) is 0 Å². The van der Waals surface area contributed by atoms with Crippen LogP contribution in [-0.4, -0.2) is 13.0 Å². The van der Waals surface area contributed by atoms with Crippen LogP contribution in [0.2, 0.25) is 0 Å². The van der Waals surface area contributed by atoms with Crippen LogP contribution in [0.5, 0.6) is 0 Å². The molecule has 0 radical (unpaired) electrons. The van der Waals surface area contributed by atoms with Gasteiger partial charge in [-0.05, 0) is 65.6 Å². The van der Waals surface area contributed by atoms with Crippen molar-refractivity contribution in [1.29, 1.82) is 0 Å². The zero-order chi connectivity index (χ0) is 30.6. The van der Waals surface area contributed by atoms with Gasteiger partial charge in [-0.25, -0.2) is 8.42 Å². The van der Waals surface area contributed by atoms with Gasteiger partial charge in [-0.1, -0.05) is 69.3 Å². The Kier molecular flexibility index (Phi) is 9.67. The van der Waals surface area contributed by atoms with E-state index >= 15 is 0 Å². The van der Waals surface area contributed by atoms with Crippen LogP contribution in [0.3, 0.4) is 0 Å². The molecule has 4 aromatic carbocycles. The van der Waals surface area contributed by atoms with Crippen molar-refractivity contribution in [2.45, 2.75) is 58.1 Å². The van der Waals surface area contributed by atoms with Crippen molar-refractivity contribution in [2.75, 3.05) is 0 Å². The van der Waals surface area contributed by atoms with Gasteiger partial charge in [-0.2, -0.15) is 26.3 Å². The lowest BCUT2D eigenvalue weighted by molar-refractivity contribution is -0.143. The molecule has 11 heteroatoms. The van der Waals surface area contributed by atoms with Gasteiger partial charge in [-0.15, -0.1) is 0 Å². The third-order valence-corrected chi connectivity index (χ3v) is 8.81. The Morgan fingerprint density at radius 1 is 0.561 bits per heavy atom. The maximum atomic E-state index is 12.3. The molecule has 4 aromatic rings. The van der Waals surface area contributed by atoms with Gasteiger partial charge in [0, 0.05) is 0 Å². The predicted molar refractivity (Wildman–Crippen MR) is 145 cm³/mol. The summed E-state index contributed by atoms with van der Waals surface area (Å²) in [7, 11) is -5.47. The Bertz CT molecular complexity index is 1470. The Morgan fingerprint density at radius 2 is 0.927 bits per heavy atom. The highest BCUT2D eigenvalue weighted by molar-refractivity contribution is 7.97. The number of alkyl halides is 6. The third-order valence-electron chi connectivity index (χ3n) is 5.76. The Balaban J connectivity index is 0.000000233. The van der Waals surface area contributed by atoms with E-state index in [1.54, 1.807) is 0 Å². The Labute approximate surface area is 238 Å². The van der Waals surface area contributed by atoms with Crippen LogP contribution in [0.1, 0.15) is 37.5 Å². The van der Waals surface area contributed by atoms with Crippen molar-refractivity contribution < 1.29 is 39.3 Å². The van der Waals surface area contributed by atoms with E-state index in [1.165, 1.54) is 20.2 Å². The zero-order valence-corrected chi connectivity index (χ0v) is 23.8. The first-order valence-electron chi connectivity index (χ1n) is 12.1. The van der Waals surface area contributed by atoms with Gasteiger partial charge in [-0.3, -0.25) is 0 Å². The first-order valence-corrected chi connectivity index (χ1v) is 14.7. The number of benzene rings is 4. The van der Waals surface area contributed by atoms with Crippen LogP contribution < -0.4 is 0 Å². The number of halogens is 6. The quantitative estimate of drug-likeness (QED) is 0.132. The second-order valence-electron chi connectivity index (χ2n) is 9.90. The largest absolute Gasteiger partial charge is 0.744 e. The minimum atomic E-state index is -5.42. The average molecular weight is 613 g/mol. The SMILES string of the molecule is CC(C)(C)c1ccc([S+](c2ccccc2)c2ccccc2)cc1.O=S(=O)([O-])c1cc(C(F)(F)F)cc(C(F)(F)F)c1. The van der Waals surface area contributed by atoms with E-state index in [2.05, 4.69) is 106 Å². The van der Waals surface area contributed by atoms with Gasteiger partial charge in [0.15, 0.2) is 14.7 Å². The van der Waals surface area contributed by atoms with Crippen molar-refractivity contribution in [3.63, 3.8) is 0 Å². The van der Waals surface area contributed by atoms with Gasteiger partial charge in [0.25, 0.3) is 0 Å². The molecule has 3 nitrogen and oxygen atoms in total. The van der Waals surface area contributed by atoms with Gasteiger partial charge in [0.05, 0.1) is 26.9 Å². The van der Waals surface area contributed by atoms with Gasteiger partial charge in [0.1, 0.15) is 10.1 Å². The second kappa shape index (κ2) is 12.3. The summed E-state index contributed by atoms with van der Waals surface area (Å²) in [4.78, 5) is 2.52. The minimum absolute atomic E-state index is 0.0497. The van der Waals surface area contributed by atoms with E-state index in [0.29, 0.717) is 0 Å². The molecular formula is C30H26F6O3S2. The van der Waals surface area contributed by atoms with Crippen LogP contribution in [-0.2, 0) is 38.8 Å². The van der Waals surface area contributed by atoms with Gasteiger partial charge >= 0.3 is 12.4 Å². The summed E-state index contributed by atoms with van der Waals surface area (Å²) >= 11 is 0. The van der Waals surface area contributed by atoms with E-state index in [1.807, 2.05) is 0 Å². The molecule has 0 unspecified atom stereocenters. The summed E-state index contributed by atoms with van der Waals surface area (Å²) < 4.78 is 105. The molecule has 0 bridgehead atoms. The number of rotatable bonds is 4. The van der Waals surface area contributed by atoms with Crippen molar-refractivity contribution >= 4 is 21.0 Å². The summed E-state index contributed by atoms with van der Waals surface area (Å²) in [6.45, 7) is 6.78. The maximum absolute atomic E-state index is 12.3. The highest BCUT2D eigenvalue weighted by atomic mass is 32.2. The van der Waals surface area contributed by atoms with Crippen LogP contribution >= 0.6 is 0 Å². The standard InChI is InChI=1S/C22H23S.C8H4F6O3S/c1-22(2,3)18-14-16-21(17-15-18)23(19-10-6-4-7-11-19)20-12-8-5-9-13-20;9-7(10,11)4-1-5(8(12,13)14)3-6(2-4)18(15,16)17/h4-17H,1-3H3;1-3H,(H,15,16,17)/q+1;/p-1. The summed E-state index contributed by atoms with van der Waals surface area (Å²) in [5, 5.41) is 0. The van der Waals surface area contributed by atoms with Crippen molar-refractivity contribution in [2.24, 2.45) is 0 Å². The summed E-state index contributed by atoms with van der Waals surface area (Å²) in [5.41, 5.74) is -2.14. The molecule has 0 spiro atoms. The molecule has 0 atom stereocenters. The lowest BCUT2D eigenvalue weighted by atomic mass is 9.87. The fraction of sp³-hybridized carbons (Fsp3) is 0.200. The maximum Gasteiger partial charge on any atom is 0.416 e. The molecule has 0 aliphatic rings. The lowest BCUT2D eigenvalue weighted by Crippen LogP contribution is -2.13. The molecule has 0 N–H and O–H groups in total. The van der Waals surface area contributed by atoms with Crippen molar-refractivity contribution in [3.8, 4) is 0 Å². The topological polar surface area (TPSA) is 57.2 Å². The third kappa shape index (κ3) is 8.85. The molecular weight excluding hydrogens is 586 g/mol. The first kappa shape index (κ1) is 32.2. The number of hydrogen-bond donors (Lipinski definition) is 0. The molecule has 0 fully saturated rings. The average Bonchev–Trinajstić information content (AvgIpc) is 2.89. The van der Waals surface area contributed by atoms with E-state index in [0.717, 1.165) is 0 Å². The number of hydrogen-bond acceptors (Lipinski definition) is 3. The molecule has 0 amide bonds. The summed E-state index contributed by atoms with van der Waals surface area (Å²) in [5.74, 6) is 0. The smallest absolute Gasteiger partial charge is 0.416 e. The van der Waals surface area contributed by atoms with Gasteiger partial charge in [0.2, 0.25) is 0 Å². The Hall–Kier alpha value is -3.28. The highest BCUT2D eigenvalue weighted by Gasteiger charge is 2.37. The molecule has 0 aliphatic carbocycles. The molecule has 0 saturated heterocycles. The predicted octanol–water partition coefficient (Wildman–Crippen LogP) is 8.71. The monoisotopic (exact) mass is 612 g/mol. The highest BCUT2D eigenvalue weighted by Crippen LogP contribution is 2.37. The molecule has 4 rings (SSSR count). The van der Waals surface area contributed by atoms with Crippen LogP contribution in [0, 0.1) is 0 Å². The molecule has 41 heavy (non-hydrogen) atoms. The lowest BCUT2D eigenvalue weighted by Gasteiger charge is -2.19. The first-order chi connectivity index (χ1) is 18.9. The normalized spacial score (nSPS) is 12.6.